The van der Waals surface area contributed by atoms with Crippen molar-refractivity contribution in [2.24, 2.45) is 0 Å². The van der Waals surface area contributed by atoms with Crippen molar-refractivity contribution in [3.8, 4) is 23.0 Å². The van der Waals surface area contributed by atoms with Crippen LogP contribution in [0.15, 0.2) is 65.6 Å². The Bertz CT molecular complexity index is 1150. The lowest BCUT2D eigenvalue weighted by Crippen LogP contribution is -2.39. The molecule has 0 aromatic heterocycles. The van der Waals surface area contributed by atoms with E-state index in [1.807, 2.05) is 12.1 Å². The van der Waals surface area contributed by atoms with Gasteiger partial charge in [0.25, 0.3) is 0 Å². The standard InChI is InChI=1S/C22H21I2NO6S/c1-30-17-6-8-19(9-7-17)32(28,29)25-15(13-26)10-14-11-20(23)22(21(24)12-14)31-18-4-2-16(27)3-5-18/h2-9,11-12,15,25-27H,10,13H2,1H3. The molecule has 0 heterocycles. The van der Waals surface area contributed by atoms with E-state index >= 15 is 0 Å². The Morgan fingerprint density at radius 2 is 1.53 bits per heavy atom. The van der Waals surface area contributed by atoms with Crippen molar-refractivity contribution in [1.29, 1.82) is 0 Å². The zero-order valence-electron chi connectivity index (χ0n) is 17.0. The van der Waals surface area contributed by atoms with E-state index in [4.69, 9.17) is 9.47 Å². The number of hydrogen-bond donors (Lipinski definition) is 3. The van der Waals surface area contributed by atoms with Gasteiger partial charge in [-0.2, -0.15) is 0 Å². The Balaban J connectivity index is 1.74. The van der Waals surface area contributed by atoms with Crippen LogP contribution >= 0.6 is 45.2 Å². The van der Waals surface area contributed by atoms with Gasteiger partial charge in [0.2, 0.25) is 10.0 Å². The summed E-state index contributed by atoms with van der Waals surface area (Å²) < 4.78 is 40.7. The van der Waals surface area contributed by atoms with Gasteiger partial charge in [0.1, 0.15) is 17.2 Å². The molecule has 0 spiro atoms. The largest absolute Gasteiger partial charge is 0.508 e. The molecule has 0 saturated heterocycles. The molecule has 170 valence electrons. The molecule has 0 radical (unpaired) electrons. The highest BCUT2D eigenvalue weighted by Crippen LogP contribution is 2.33. The molecule has 1 unspecified atom stereocenters. The number of ether oxygens (including phenoxy) is 2. The molecule has 0 amide bonds. The number of aliphatic hydroxyl groups is 1. The SMILES string of the molecule is COc1ccc(S(=O)(=O)NC(CO)Cc2cc(I)c(Oc3ccc(O)cc3)c(I)c2)cc1. The average molecular weight is 681 g/mol. The first-order valence-electron chi connectivity index (χ1n) is 9.44. The molecule has 10 heteroatoms. The fourth-order valence-corrected chi connectivity index (χ4v) is 6.27. The summed E-state index contributed by atoms with van der Waals surface area (Å²) in [5, 5.41) is 19.2. The maximum atomic E-state index is 12.7. The molecule has 1 atom stereocenters. The first-order chi connectivity index (χ1) is 15.2. The molecule has 0 aliphatic carbocycles. The zero-order valence-corrected chi connectivity index (χ0v) is 22.1. The number of halogens is 2. The smallest absolute Gasteiger partial charge is 0.240 e. The summed E-state index contributed by atoms with van der Waals surface area (Å²) in [6.45, 7) is -0.353. The van der Waals surface area contributed by atoms with E-state index < -0.39 is 16.1 Å². The van der Waals surface area contributed by atoms with Crippen molar-refractivity contribution in [2.45, 2.75) is 17.4 Å². The van der Waals surface area contributed by atoms with Gasteiger partial charge in [-0.1, -0.05) is 0 Å². The number of hydrogen-bond acceptors (Lipinski definition) is 6. The van der Waals surface area contributed by atoms with Gasteiger partial charge in [-0.25, -0.2) is 13.1 Å². The van der Waals surface area contributed by atoms with Crippen molar-refractivity contribution in [3.63, 3.8) is 0 Å². The van der Waals surface area contributed by atoms with Crippen molar-refractivity contribution in [3.05, 3.63) is 73.4 Å². The van der Waals surface area contributed by atoms with E-state index in [0.717, 1.165) is 12.7 Å². The van der Waals surface area contributed by atoms with Crippen molar-refractivity contribution in [2.75, 3.05) is 13.7 Å². The summed E-state index contributed by atoms with van der Waals surface area (Å²) in [5.74, 6) is 1.97. The number of aromatic hydroxyl groups is 1. The molecule has 7 nitrogen and oxygen atoms in total. The number of sulfonamides is 1. The second kappa shape index (κ2) is 11.0. The van der Waals surface area contributed by atoms with Crippen molar-refractivity contribution in [1.82, 2.24) is 4.72 Å². The quantitative estimate of drug-likeness (QED) is 0.292. The molecule has 0 saturated carbocycles. The number of phenolic OH excluding ortho intramolecular Hbond substituents is 1. The van der Waals surface area contributed by atoms with Gasteiger partial charge in [-0.15, -0.1) is 0 Å². The highest BCUT2D eigenvalue weighted by Gasteiger charge is 2.21. The van der Waals surface area contributed by atoms with Crippen LogP contribution in [-0.2, 0) is 16.4 Å². The lowest BCUT2D eigenvalue weighted by molar-refractivity contribution is 0.256. The lowest BCUT2D eigenvalue weighted by atomic mass is 10.1. The number of benzene rings is 3. The Labute approximate surface area is 214 Å². The molecule has 3 N–H and O–H groups in total. The highest BCUT2D eigenvalue weighted by atomic mass is 127. The molecule has 0 aliphatic heterocycles. The zero-order chi connectivity index (χ0) is 23.3. The van der Waals surface area contributed by atoms with Crippen LogP contribution < -0.4 is 14.2 Å². The fourth-order valence-electron chi connectivity index (χ4n) is 2.93. The minimum atomic E-state index is -3.80. The maximum Gasteiger partial charge on any atom is 0.240 e. The first kappa shape index (κ1) is 25.0. The molecular weight excluding hydrogens is 660 g/mol. The third-order valence-corrected chi connectivity index (χ3v) is 7.65. The van der Waals surface area contributed by atoms with Crippen LogP contribution in [0.3, 0.4) is 0 Å². The number of methoxy groups -OCH3 is 1. The van der Waals surface area contributed by atoms with Gasteiger partial charge in [0, 0.05) is 6.04 Å². The van der Waals surface area contributed by atoms with Crippen LogP contribution in [0, 0.1) is 7.14 Å². The number of aliphatic hydroxyl groups excluding tert-OH is 1. The van der Waals surface area contributed by atoms with Crippen molar-refractivity contribution < 1.29 is 28.1 Å². The van der Waals surface area contributed by atoms with Gasteiger partial charge in [-0.05, 0) is 118 Å². The van der Waals surface area contributed by atoms with Crippen LogP contribution in [0.1, 0.15) is 5.56 Å². The number of nitrogens with one attached hydrogen (secondary N) is 1. The van der Waals surface area contributed by atoms with E-state index in [-0.39, 0.29) is 17.3 Å². The van der Waals surface area contributed by atoms with E-state index in [1.54, 1.807) is 36.4 Å². The second-order valence-corrected chi connectivity index (χ2v) is 10.9. The molecule has 3 rings (SSSR count). The summed E-state index contributed by atoms with van der Waals surface area (Å²) in [4.78, 5) is 0.0959. The normalized spacial score (nSPS) is 12.4. The topological polar surface area (TPSA) is 105 Å². The van der Waals surface area contributed by atoms with E-state index in [9.17, 15) is 18.6 Å². The third-order valence-electron chi connectivity index (χ3n) is 4.51. The maximum absolute atomic E-state index is 12.7. The Morgan fingerprint density at radius 3 is 2.06 bits per heavy atom. The number of phenols is 1. The van der Waals surface area contributed by atoms with E-state index in [0.29, 0.717) is 23.7 Å². The van der Waals surface area contributed by atoms with Gasteiger partial charge in [0.05, 0.1) is 25.8 Å². The fraction of sp³-hybridized carbons (Fsp3) is 0.182. The van der Waals surface area contributed by atoms with Crippen LogP contribution in [0.25, 0.3) is 0 Å². The third kappa shape index (κ3) is 6.47. The van der Waals surface area contributed by atoms with Crippen LogP contribution in [0.4, 0.5) is 0 Å². The predicted molar refractivity (Wildman–Crippen MR) is 138 cm³/mol. The summed E-state index contributed by atoms with van der Waals surface area (Å²) >= 11 is 4.31. The Morgan fingerprint density at radius 1 is 0.969 bits per heavy atom. The monoisotopic (exact) mass is 681 g/mol. The number of rotatable bonds is 9. The molecule has 32 heavy (non-hydrogen) atoms. The van der Waals surface area contributed by atoms with Crippen LogP contribution in [0.2, 0.25) is 0 Å². The molecule has 3 aromatic carbocycles. The van der Waals surface area contributed by atoms with E-state index in [1.165, 1.54) is 19.2 Å². The van der Waals surface area contributed by atoms with E-state index in [2.05, 4.69) is 49.9 Å². The van der Waals surface area contributed by atoms with Crippen molar-refractivity contribution >= 4 is 55.2 Å². The lowest BCUT2D eigenvalue weighted by Gasteiger charge is -2.18. The summed E-state index contributed by atoms with van der Waals surface area (Å²) in [6, 6.07) is 15.6. The van der Waals surface area contributed by atoms with Crippen LogP contribution in [-0.4, -0.2) is 38.4 Å². The Hall–Kier alpha value is -1.61. The summed E-state index contributed by atoms with van der Waals surface area (Å²) in [6.07, 6.45) is 0.303. The predicted octanol–water partition coefficient (Wildman–Crippen LogP) is 4.28. The average Bonchev–Trinajstić information content (AvgIpc) is 2.77. The van der Waals surface area contributed by atoms with Gasteiger partial charge < -0.3 is 19.7 Å². The summed E-state index contributed by atoms with van der Waals surface area (Å²) in [5.41, 5.74) is 0.855. The summed E-state index contributed by atoms with van der Waals surface area (Å²) in [7, 11) is -2.30. The molecule has 0 fully saturated rings. The highest BCUT2D eigenvalue weighted by molar-refractivity contribution is 14.1. The van der Waals surface area contributed by atoms with Gasteiger partial charge >= 0.3 is 0 Å². The van der Waals surface area contributed by atoms with Gasteiger partial charge in [-0.3, -0.25) is 0 Å². The van der Waals surface area contributed by atoms with Crippen LogP contribution in [0.5, 0.6) is 23.0 Å². The molecular formula is C22H21I2NO6S. The minimum absolute atomic E-state index is 0.0959. The minimum Gasteiger partial charge on any atom is -0.508 e. The molecule has 3 aromatic rings. The van der Waals surface area contributed by atoms with Gasteiger partial charge in [0.15, 0.2) is 5.75 Å². The first-order valence-corrected chi connectivity index (χ1v) is 13.1. The Kier molecular flexibility index (Phi) is 8.61. The molecule has 0 aliphatic rings. The molecule has 0 bridgehead atoms. The second-order valence-electron chi connectivity index (χ2n) is 6.86.